The van der Waals surface area contributed by atoms with Gasteiger partial charge in [-0.2, -0.15) is 0 Å². The zero-order valence-electron chi connectivity index (χ0n) is 14.5. The molecule has 2 aromatic rings. The van der Waals surface area contributed by atoms with Crippen molar-refractivity contribution >= 4 is 23.5 Å². The molecular weight excluding hydrogens is 320 g/mol. The molecule has 0 saturated carbocycles. The molecule has 128 valence electrons. The highest BCUT2D eigenvalue weighted by Gasteiger charge is 2.14. The monoisotopic (exact) mass is 344 g/mol. The van der Waals surface area contributed by atoms with E-state index in [0.717, 1.165) is 24.2 Å². The van der Waals surface area contributed by atoms with Crippen molar-refractivity contribution in [3.8, 4) is 0 Å². The summed E-state index contributed by atoms with van der Waals surface area (Å²) in [5.41, 5.74) is 8.90. The first-order chi connectivity index (χ1) is 11.5. The molecule has 0 spiro atoms. The summed E-state index contributed by atoms with van der Waals surface area (Å²) in [6.45, 7) is 7.37. The normalized spacial score (nSPS) is 10.6. The maximum absolute atomic E-state index is 12.6. The van der Waals surface area contributed by atoms with Crippen molar-refractivity contribution in [3.63, 3.8) is 0 Å². The molecule has 0 saturated heterocycles. The topological polar surface area (TPSA) is 72.1 Å². The number of thioether (sulfide) groups is 1. The fraction of sp³-hybridized carbons (Fsp3) is 0.389. The maximum Gasteiger partial charge on any atom is 0.233 e. The first-order valence-electron chi connectivity index (χ1n) is 8.05. The van der Waals surface area contributed by atoms with Crippen LogP contribution >= 0.6 is 11.8 Å². The molecule has 0 radical (unpaired) electrons. The summed E-state index contributed by atoms with van der Waals surface area (Å²) in [6, 6.07) is 10.0. The number of hydrogen-bond acceptors (Lipinski definition) is 5. The Balaban J connectivity index is 1.98. The molecular formula is C18H24N4OS. The predicted octanol–water partition coefficient (Wildman–Crippen LogP) is 3.21. The van der Waals surface area contributed by atoms with Crippen molar-refractivity contribution in [2.75, 3.05) is 18.0 Å². The highest BCUT2D eigenvalue weighted by molar-refractivity contribution is 7.99. The minimum atomic E-state index is 0.0890. The average Bonchev–Trinajstić information content (AvgIpc) is 2.53. The highest BCUT2D eigenvalue weighted by Crippen LogP contribution is 2.17. The summed E-state index contributed by atoms with van der Waals surface area (Å²) >= 11 is 1.33. The van der Waals surface area contributed by atoms with Gasteiger partial charge in [0.15, 0.2) is 5.16 Å². The number of hydrogen-bond donors (Lipinski definition) is 1. The van der Waals surface area contributed by atoms with Gasteiger partial charge in [-0.15, -0.1) is 0 Å². The Bertz CT molecular complexity index is 668. The second-order valence-electron chi connectivity index (χ2n) is 5.81. The van der Waals surface area contributed by atoms with Crippen molar-refractivity contribution in [3.05, 3.63) is 47.2 Å². The lowest BCUT2D eigenvalue weighted by molar-refractivity contribution is -0.129. The van der Waals surface area contributed by atoms with E-state index in [1.165, 1.54) is 17.3 Å². The van der Waals surface area contributed by atoms with Crippen LogP contribution in [0.5, 0.6) is 0 Å². The van der Waals surface area contributed by atoms with Crippen LogP contribution in [0.4, 0.5) is 5.82 Å². The van der Waals surface area contributed by atoms with E-state index < -0.39 is 0 Å². The van der Waals surface area contributed by atoms with Crippen LogP contribution in [0, 0.1) is 13.8 Å². The SMILES string of the molecule is CCCN(Cc1ccc(C)cc1)C(=O)CSc1nc(C)cc(N)n1. The first kappa shape index (κ1) is 18.3. The van der Waals surface area contributed by atoms with Crippen molar-refractivity contribution in [2.45, 2.75) is 38.9 Å². The van der Waals surface area contributed by atoms with Gasteiger partial charge in [-0.25, -0.2) is 9.97 Å². The predicted molar refractivity (Wildman–Crippen MR) is 98.8 cm³/mol. The molecule has 0 fully saturated rings. The fourth-order valence-corrected chi connectivity index (χ4v) is 3.14. The maximum atomic E-state index is 12.6. The van der Waals surface area contributed by atoms with Gasteiger partial charge in [0.05, 0.1) is 5.75 Å². The minimum Gasteiger partial charge on any atom is -0.384 e. The number of benzene rings is 1. The number of amides is 1. The van der Waals surface area contributed by atoms with Gasteiger partial charge in [-0.1, -0.05) is 48.5 Å². The van der Waals surface area contributed by atoms with Gasteiger partial charge in [0.25, 0.3) is 0 Å². The molecule has 0 bridgehead atoms. The molecule has 0 atom stereocenters. The van der Waals surface area contributed by atoms with E-state index in [1.54, 1.807) is 6.07 Å². The standard InChI is InChI=1S/C18H24N4OS/c1-4-9-22(11-15-7-5-13(2)6-8-15)17(23)12-24-18-20-14(3)10-16(19)21-18/h5-8,10H,4,9,11-12H2,1-3H3,(H2,19,20,21). The largest absolute Gasteiger partial charge is 0.384 e. The molecule has 1 aromatic carbocycles. The Morgan fingerprint density at radius 1 is 1.21 bits per heavy atom. The summed E-state index contributed by atoms with van der Waals surface area (Å²) in [6.07, 6.45) is 0.927. The lowest BCUT2D eigenvalue weighted by atomic mass is 10.1. The fourth-order valence-electron chi connectivity index (χ4n) is 2.32. The van der Waals surface area contributed by atoms with Gasteiger partial charge >= 0.3 is 0 Å². The van der Waals surface area contributed by atoms with Gasteiger partial charge in [-0.05, 0) is 25.8 Å². The number of anilines is 1. The zero-order chi connectivity index (χ0) is 17.5. The molecule has 5 nitrogen and oxygen atoms in total. The lowest BCUT2D eigenvalue weighted by Gasteiger charge is -2.22. The Labute approximate surface area is 147 Å². The zero-order valence-corrected chi connectivity index (χ0v) is 15.3. The third-order valence-corrected chi connectivity index (χ3v) is 4.35. The number of nitrogens with zero attached hydrogens (tertiary/aromatic N) is 3. The first-order valence-corrected chi connectivity index (χ1v) is 9.03. The number of nitrogens with two attached hydrogens (primary N) is 1. The van der Waals surface area contributed by atoms with E-state index in [4.69, 9.17) is 5.73 Å². The van der Waals surface area contributed by atoms with E-state index in [9.17, 15) is 4.79 Å². The van der Waals surface area contributed by atoms with E-state index in [0.29, 0.717) is 23.3 Å². The summed E-state index contributed by atoms with van der Waals surface area (Å²) in [7, 11) is 0. The number of nitrogen functional groups attached to an aromatic ring is 1. The smallest absolute Gasteiger partial charge is 0.233 e. The van der Waals surface area contributed by atoms with Crippen LogP contribution in [0.15, 0.2) is 35.5 Å². The van der Waals surface area contributed by atoms with Crippen LogP contribution in [0.25, 0.3) is 0 Å². The van der Waals surface area contributed by atoms with Crippen LogP contribution in [-0.2, 0) is 11.3 Å². The second kappa shape index (κ2) is 8.68. The molecule has 2 N–H and O–H groups in total. The van der Waals surface area contributed by atoms with Crippen LogP contribution in [0.2, 0.25) is 0 Å². The molecule has 0 unspecified atom stereocenters. The number of carbonyl (C=O) groups excluding carboxylic acids is 1. The number of aromatic nitrogens is 2. The number of aryl methyl sites for hydroxylation is 2. The molecule has 24 heavy (non-hydrogen) atoms. The molecule has 2 rings (SSSR count). The quantitative estimate of drug-likeness (QED) is 0.617. The van der Waals surface area contributed by atoms with Crippen molar-refractivity contribution < 1.29 is 4.79 Å². The minimum absolute atomic E-state index is 0.0890. The lowest BCUT2D eigenvalue weighted by Crippen LogP contribution is -2.32. The van der Waals surface area contributed by atoms with E-state index >= 15 is 0 Å². The molecule has 0 aliphatic carbocycles. The molecule has 0 aliphatic rings. The molecule has 1 amide bonds. The summed E-state index contributed by atoms with van der Waals surface area (Å²) < 4.78 is 0. The van der Waals surface area contributed by atoms with Gasteiger partial charge in [0.1, 0.15) is 5.82 Å². The Morgan fingerprint density at radius 3 is 2.54 bits per heavy atom. The summed E-state index contributed by atoms with van der Waals surface area (Å²) in [5, 5.41) is 0.549. The molecule has 1 aromatic heterocycles. The van der Waals surface area contributed by atoms with Crippen LogP contribution in [0.3, 0.4) is 0 Å². The van der Waals surface area contributed by atoms with E-state index in [-0.39, 0.29) is 5.91 Å². The van der Waals surface area contributed by atoms with Crippen molar-refractivity contribution in [2.24, 2.45) is 0 Å². The summed E-state index contributed by atoms with van der Waals surface area (Å²) in [4.78, 5) is 22.9. The van der Waals surface area contributed by atoms with Crippen LogP contribution < -0.4 is 5.73 Å². The Kier molecular flexibility index (Phi) is 6.61. The second-order valence-corrected chi connectivity index (χ2v) is 6.75. The molecule has 6 heteroatoms. The van der Waals surface area contributed by atoms with E-state index in [1.807, 2.05) is 11.8 Å². The Hall–Kier alpha value is -2.08. The summed E-state index contributed by atoms with van der Waals surface area (Å²) in [5.74, 6) is 0.836. The van der Waals surface area contributed by atoms with Crippen molar-refractivity contribution in [1.82, 2.24) is 14.9 Å². The molecule has 1 heterocycles. The van der Waals surface area contributed by atoms with Crippen LogP contribution in [0.1, 0.15) is 30.2 Å². The van der Waals surface area contributed by atoms with Crippen LogP contribution in [-0.4, -0.2) is 33.1 Å². The highest BCUT2D eigenvalue weighted by atomic mass is 32.2. The van der Waals surface area contributed by atoms with Crippen molar-refractivity contribution in [1.29, 1.82) is 0 Å². The Morgan fingerprint density at radius 2 is 1.92 bits per heavy atom. The van der Waals surface area contributed by atoms with Gasteiger partial charge in [0, 0.05) is 24.8 Å². The third-order valence-electron chi connectivity index (χ3n) is 3.52. The van der Waals surface area contributed by atoms with Gasteiger partial charge < -0.3 is 10.6 Å². The number of carbonyl (C=O) groups is 1. The van der Waals surface area contributed by atoms with Gasteiger partial charge in [0.2, 0.25) is 5.91 Å². The average molecular weight is 344 g/mol. The number of rotatable bonds is 7. The van der Waals surface area contributed by atoms with E-state index in [2.05, 4.69) is 48.1 Å². The van der Waals surface area contributed by atoms with Gasteiger partial charge in [-0.3, -0.25) is 4.79 Å². The third kappa shape index (κ3) is 5.53. The molecule has 0 aliphatic heterocycles.